The van der Waals surface area contributed by atoms with Crippen LogP contribution in [0.5, 0.6) is 5.75 Å². The number of Topliss-reactive ketones (excluding diaryl/α,β-unsaturated/α-hetero) is 1. The number of hydrogen-bond acceptors (Lipinski definition) is 5. The van der Waals surface area contributed by atoms with E-state index in [0.29, 0.717) is 29.3 Å². The van der Waals surface area contributed by atoms with Gasteiger partial charge in [0.1, 0.15) is 24.1 Å². The molecule has 46 heavy (non-hydrogen) atoms. The Morgan fingerprint density at radius 3 is 2.00 bits per heavy atom. The van der Waals surface area contributed by atoms with E-state index in [9.17, 15) is 19.5 Å². The number of benzene rings is 4. The Labute approximate surface area is 278 Å². The Bertz CT molecular complexity index is 1780. The number of aryl methyl sites for hydroxylation is 2. The van der Waals surface area contributed by atoms with Gasteiger partial charge in [0.25, 0.3) is 0 Å². The zero-order valence-corrected chi connectivity index (χ0v) is 28.3. The number of carbonyl (C=O) groups is 3. The number of aliphatic hydroxyl groups is 1. The third-order valence-electron chi connectivity index (χ3n) is 9.12. The highest BCUT2D eigenvalue weighted by Crippen LogP contribution is 2.47. The van der Waals surface area contributed by atoms with Crippen LogP contribution >= 0.6 is 15.9 Å². The molecule has 3 N–H and O–H groups in total. The number of anilines is 2. The summed E-state index contributed by atoms with van der Waals surface area (Å²) in [5.74, 6) is -4.11. The van der Waals surface area contributed by atoms with Gasteiger partial charge in [-0.15, -0.1) is 0 Å². The van der Waals surface area contributed by atoms with E-state index in [0.717, 1.165) is 32.3 Å². The summed E-state index contributed by atoms with van der Waals surface area (Å²) in [7, 11) is 0. The SMILES string of the molecule is Cc1cccc(NC(=O)C2C(=O)CC(C)(O)C(C(=O)Nc3cccc(C)c3C)C2c2ccc(OCc3cccc(Br)c3)cc2)c1C. The van der Waals surface area contributed by atoms with Crippen molar-refractivity contribution in [3.8, 4) is 5.75 Å². The van der Waals surface area contributed by atoms with Gasteiger partial charge in [-0.1, -0.05) is 64.5 Å². The lowest BCUT2D eigenvalue weighted by Gasteiger charge is -2.44. The maximum absolute atomic E-state index is 14.2. The molecule has 1 fully saturated rings. The van der Waals surface area contributed by atoms with Gasteiger partial charge in [-0.3, -0.25) is 14.4 Å². The molecule has 7 nitrogen and oxygen atoms in total. The second-order valence-electron chi connectivity index (χ2n) is 12.4. The highest BCUT2D eigenvalue weighted by molar-refractivity contribution is 9.10. The van der Waals surface area contributed by atoms with Crippen LogP contribution in [0.25, 0.3) is 0 Å². The number of nitrogens with one attached hydrogen (secondary N) is 2. The lowest BCUT2D eigenvalue weighted by Crippen LogP contribution is -2.56. The summed E-state index contributed by atoms with van der Waals surface area (Å²) < 4.78 is 6.96. The summed E-state index contributed by atoms with van der Waals surface area (Å²) in [6, 6.07) is 26.1. The molecule has 4 atom stereocenters. The van der Waals surface area contributed by atoms with Crippen LogP contribution in [0.3, 0.4) is 0 Å². The monoisotopic (exact) mass is 682 g/mol. The predicted molar refractivity (Wildman–Crippen MR) is 184 cm³/mol. The van der Waals surface area contributed by atoms with Crippen molar-refractivity contribution in [1.82, 2.24) is 0 Å². The second-order valence-corrected chi connectivity index (χ2v) is 13.4. The Morgan fingerprint density at radius 2 is 1.41 bits per heavy atom. The predicted octanol–water partition coefficient (Wildman–Crippen LogP) is 7.58. The van der Waals surface area contributed by atoms with Gasteiger partial charge < -0.3 is 20.5 Å². The molecule has 0 aliphatic heterocycles. The van der Waals surface area contributed by atoms with Crippen molar-refractivity contribution in [1.29, 1.82) is 0 Å². The van der Waals surface area contributed by atoms with Crippen LogP contribution in [0, 0.1) is 39.5 Å². The van der Waals surface area contributed by atoms with Crippen molar-refractivity contribution < 1.29 is 24.2 Å². The Kier molecular flexibility index (Phi) is 9.79. The molecular formula is C38H39BrN2O5. The number of halogens is 1. The average Bonchev–Trinajstić information content (AvgIpc) is 3.00. The van der Waals surface area contributed by atoms with Gasteiger partial charge in [0.2, 0.25) is 11.8 Å². The second kappa shape index (κ2) is 13.6. The van der Waals surface area contributed by atoms with Gasteiger partial charge in [-0.25, -0.2) is 0 Å². The fourth-order valence-electron chi connectivity index (χ4n) is 6.27. The average molecular weight is 684 g/mol. The number of carbonyl (C=O) groups excluding carboxylic acids is 3. The smallest absolute Gasteiger partial charge is 0.235 e. The van der Waals surface area contributed by atoms with Crippen molar-refractivity contribution in [3.05, 3.63) is 123 Å². The molecule has 0 bridgehead atoms. The van der Waals surface area contributed by atoms with Crippen LogP contribution in [0.15, 0.2) is 89.4 Å². The first-order chi connectivity index (χ1) is 21.9. The van der Waals surface area contributed by atoms with E-state index < -0.39 is 41.0 Å². The van der Waals surface area contributed by atoms with E-state index in [4.69, 9.17) is 4.74 Å². The molecule has 238 valence electrons. The molecule has 0 aromatic heterocycles. The number of rotatable bonds is 8. The number of ketones is 1. The maximum Gasteiger partial charge on any atom is 0.235 e. The summed E-state index contributed by atoms with van der Waals surface area (Å²) in [4.78, 5) is 42.0. The standard InChI is InChI=1S/C38H39BrN2O5/c1-22-9-6-13-30(24(22)3)40-36(43)34-32(42)20-38(5,45)35(37(44)41-31-14-7-10-23(2)25(31)4)33(34)27-15-17-29(18-16-27)46-21-26-11-8-12-28(39)19-26/h6-19,33-35,45H,20-21H2,1-5H3,(H,40,43)(H,41,44). The lowest BCUT2D eigenvalue weighted by atomic mass is 9.61. The molecule has 8 heteroatoms. The molecule has 0 radical (unpaired) electrons. The molecule has 0 heterocycles. The van der Waals surface area contributed by atoms with Crippen molar-refractivity contribution >= 4 is 44.9 Å². The highest BCUT2D eigenvalue weighted by Gasteiger charge is 2.56. The van der Waals surface area contributed by atoms with E-state index in [1.165, 1.54) is 6.92 Å². The quantitative estimate of drug-likeness (QED) is 0.166. The molecule has 1 saturated carbocycles. The summed E-state index contributed by atoms with van der Waals surface area (Å²) in [5, 5.41) is 17.7. The van der Waals surface area contributed by atoms with Crippen LogP contribution < -0.4 is 15.4 Å². The third-order valence-corrected chi connectivity index (χ3v) is 9.61. The fourth-order valence-corrected chi connectivity index (χ4v) is 6.71. The molecular weight excluding hydrogens is 644 g/mol. The Balaban J connectivity index is 1.52. The van der Waals surface area contributed by atoms with Gasteiger partial charge in [-0.05, 0) is 104 Å². The van der Waals surface area contributed by atoms with Crippen molar-refractivity contribution in [3.63, 3.8) is 0 Å². The van der Waals surface area contributed by atoms with Crippen LogP contribution in [-0.4, -0.2) is 28.3 Å². The lowest BCUT2D eigenvalue weighted by molar-refractivity contribution is -0.150. The molecule has 4 unspecified atom stereocenters. The van der Waals surface area contributed by atoms with Crippen LogP contribution in [0.1, 0.15) is 52.6 Å². The maximum atomic E-state index is 14.2. The van der Waals surface area contributed by atoms with Crippen molar-refractivity contribution in [2.75, 3.05) is 10.6 Å². The fraction of sp³-hybridized carbons (Fsp3) is 0.289. The van der Waals surface area contributed by atoms with Gasteiger partial charge in [0.15, 0.2) is 0 Å². The minimum atomic E-state index is -1.71. The van der Waals surface area contributed by atoms with Gasteiger partial charge >= 0.3 is 0 Å². The summed E-state index contributed by atoms with van der Waals surface area (Å²) in [5.41, 5.74) is 4.85. The molecule has 4 aromatic carbocycles. The highest BCUT2D eigenvalue weighted by atomic mass is 79.9. The van der Waals surface area contributed by atoms with Gasteiger partial charge in [0, 0.05) is 28.2 Å². The minimum Gasteiger partial charge on any atom is -0.489 e. The Morgan fingerprint density at radius 1 is 0.848 bits per heavy atom. The first kappa shape index (κ1) is 33.1. The zero-order valence-electron chi connectivity index (χ0n) is 26.7. The van der Waals surface area contributed by atoms with Gasteiger partial charge in [-0.2, -0.15) is 0 Å². The zero-order chi connectivity index (χ0) is 33.2. The van der Waals surface area contributed by atoms with E-state index in [-0.39, 0.29) is 6.42 Å². The van der Waals surface area contributed by atoms with Crippen LogP contribution in [0.4, 0.5) is 11.4 Å². The topological polar surface area (TPSA) is 105 Å². The Hall–Kier alpha value is -4.27. The molecule has 1 aliphatic rings. The normalized spacial score (nSPS) is 21.0. The summed E-state index contributed by atoms with van der Waals surface area (Å²) >= 11 is 3.48. The number of ether oxygens (including phenoxy) is 1. The van der Waals surface area contributed by atoms with Crippen LogP contribution in [0.2, 0.25) is 0 Å². The first-order valence-electron chi connectivity index (χ1n) is 15.3. The molecule has 4 aromatic rings. The van der Waals surface area contributed by atoms with E-state index in [1.54, 1.807) is 36.4 Å². The number of hydrogen-bond donors (Lipinski definition) is 3. The number of amides is 2. The van der Waals surface area contributed by atoms with Crippen molar-refractivity contribution in [2.24, 2.45) is 11.8 Å². The minimum absolute atomic E-state index is 0.340. The van der Waals surface area contributed by atoms with Crippen molar-refractivity contribution in [2.45, 2.75) is 59.2 Å². The third kappa shape index (κ3) is 7.08. The van der Waals surface area contributed by atoms with E-state index in [1.807, 2.05) is 76.2 Å². The van der Waals surface area contributed by atoms with E-state index in [2.05, 4.69) is 26.6 Å². The van der Waals surface area contributed by atoms with E-state index >= 15 is 0 Å². The molecule has 0 saturated heterocycles. The summed E-state index contributed by atoms with van der Waals surface area (Å²) in [6.07, 6.45) is -0.340. The molecule has 0 spiro atoms. The molecule has 1 aliphatic carbocycles. The van der Waals surface area contributed by atoms with Crippen LogP contribution in [-0.2, 0) is 21.0 Å². The first-order valence-corrected chi connectivity index (χ1v) is 16.1. The molecule has 2 amide bonds. The largest absolute Gasteiger partial charge is 0.489 e. The van der Waals surface area contributed by atoms with Gasteiger partial charge in [0.05, 0.1) is 11.5 Å². The summed E-state index contributed by atoms with van der Waals surface area (Å²) in [6.45, 7) is 9.57. The molecule has 5 rings (SSSR count).